The Bertz CT molecular complexity index is 1650. The third-order valence-electron chi connectivity index (χ3n) is 5.42. The normalized spacial score (nSPS) is 11.0. The molecule has 5 aromatic rings. The number of nitrogens with zero attached hydrogens (tertiary/aromatic N) is 1. The van der Waals surface area contributed by atoms with Crippen molar-refractivity contribution in [2.45, 2.75) is 6.92 Å². The van der Waals surface area contributed by atoms with Gasteiger partial charge in [-0.25, -0.2) is 4.98 Å². The maximum Gasteiger partial charge on any atom is 0.264 e. The van der Waals surface area contributed by atoms with Gasteiger partial charge in [0.25, 0.3) is 5.91 Å². The molecule has 6 nitrogen and oxygen atoms in total. The van der Waals surface area contributed by atoms with E-state index in [0.29, 0.717) is 26.3 Å². The summed E-state index contributed by atoms with van der Waals surface area (Å²) >= 11 is 13.9. The summed E-state index contributed by atoms with van der Waals surface area (Å²) in [5.74, 6) is -0.474. The molecule has 0 atom stereocenters. The molecule has 0 aliphatic carbocycles. The molecule has 1 N–H and O–H groups in total. The fourth-order valence-electron chi connectivity index (χ4n) is 3.62. The molecule has 0 spiro atoms. The van der Waals surface area contributed by atoms with E-state index in [0.717, 1.165) is 16.8 Å². The van der Waals surface area contributed by atoms with Gasteiger partial charge in [0.1, 0.15) is 5.58 Å². The van der Waals surface area contributed by atoms with Crippen molar-refractivity contribution in [1.82, 2.24) is 4.98 Å². The van der Waals surface area contributed by atoms with Crippen LogP contribution in [0.15, 0.2) is 81.3 Å². The number of fused-ring (bicyclic) bond motifs is 1. The lowest BCUT2D eigenvalue weighted by Gasteiger charge is -2.13. The van der Waals surface area contributed by atoms with E-state index < -0.39 is 17.9 Å². The number of benzene rings is 3. The highest BCUT2D eigenvalue weighted by molar-refractivity contribution is 7.14. The number of rotatable bonds is 6. The van der Waals surface area contributed by atoms with Crippen molar-refractivity contribution in [3.8, 4) is 28.3 Å². The van der Waals surface area contributed by atoms with Gasteiger partial charge in [-0.15, -0.1) is 11.3 Å². The van der Waals surface area contributed by atoms with Crippen LogP contribution in [-0.2, 0) is 4.79 Å². The minimum Gasteiger partial charge on any atom is -0.476 e. The van der Waals surface area contributed by atoms with E-state index in [4.69, 9.17) is 32.4 Å². The zero-order chi connectivity index (χ0) is 25.2. The van der Waals surface area contributed by atoms with Crippen molar-refractivity contribution in [2.24, 2.45) is 0 Å². The average Bonchev–Trinajstić information content (AvgIpc) is 3.34. The topological polar surface area (TPSA) is 81.4 Å². The molecule has 0 aliphatic rings. The summed E-state index contributed by atoms with van der Waals surface area (Å²) in [5.41, 5.74) is 2.79. The van der Waals surface area contributed by atoms with E-state index in [2.05, 4.69) is 10.3 Å². The van der Waals surface area contributed by atoms with Gasteiger partial charge in [0.15, 0.2) is 17.5 Å². The highest BCUT2D eigenvalue weighted by Crippen LogP contribution is 2.36. The number of anilines is 1. The van der Waals surface area contributed by atoms with Crippen LogP contribution in [0, 0.1) is 6.92 Å². The van der Waals surface area contributed by atoms with Crippen LogP contribution < -0.4 is 15.5 Å². The first kappa shape index (κ1) is 24.1. The summed E-state index contributed by atoms with van der Waals surface area (Å²) in [6, 6.07) is 19.8. The van der Waals surface area contributed by atoms with E-state index in [9.17, 15) is 9.59 Å². The Balaban J connectivity index is 1.44. The summed E-state index contributed by atoms with van der Waals surface area (Å²) in [6.07, 6.45) is 0. The predicted octanol–water partition coefficient (Wildman–Crippen LogP) is 7.22. The zero-order valence-corrected chi connectivity index (χ0v) is 21.2. The van der Waals surface area contributed by atoms with Crippen LogP contribution in [0.5, 0.6) is 5.75 Å². The Labute approximate surface area is 220 Å². The molecule has 0 saturated heterocycles. The number of hydrogen-bond donors (Lipinski definition) is 1. The second-order valence-corrected chi connectivity index (χ2v) is 9.58. The smallest absolute Gasteiger partial charge is 0.264 e. The first-order valence-corrected chi connectivity index (χ1v) is 12.5. The molecule has 0 radical (unpaired) electrons. The van der Waals surface area contributed by atoms with Crippen LogP contribution in [-0.4, -0.2) is 17.5 Å². The standard InChI is InChI=1S/C27H18Cl2N2O4S/c1-15-11-22-18(12-20(15)29)24(33)26(25(35-22)17-9-5-6-10-19(17)28)34-13-23(32)31-27-30-21(14-36-27)16-7-3-2-4-8-16/h2-12,14H,13H2,1H3,(H,30,31,32). The number of carbonyl (C=O) groups excluding carboxylic acids is 1. The second-order valence-electron chi connectivity index (χ2n) is 7.91. The Kier molecular flexibility index (Phi) is 6.78. The molecule has 0 fully saturated rings. The Morgan fingerprint density at radius 2 is 1.81 bits per heavy atom. The van der Waals surface area contributed by atoms with E-state index in [-0.39, 0.29) is 16.9 Å². The predicted molar refractivity (Wildman–Crippen MR) is 144 cm³/mol. The molecular weight excluding hydrogens is 519 g/mol. The molecule has 2 aromatic heterocycles. The lowest BCUT2D eigenvalue weighted by Crippen LogP contribution is -2.22. The van der Waals surface area contributed by atoms with Crippen molar-refractivity contribution in [3.05, 3.63) is 97.9 Å². The van der Waals surface area contributed by atoms with E-state index >= 15 is 0 Å². The highest BCUT2D eigenvalue weighted by Gasteiger charge is 2.21. The molecule has 36 heavy (non-hydrogen) atoms. The molecule has 0 bridgehead atoms. The molecule has 9 heteroatoms. The van der Waals surface area contributed by atoms with Gasteiger partial charge >= 0.3 is 0 Å². The molecule has 5 rings (SSSR count). The zero-order valence-electron chi connectivity index (χ0n) is 18.9. The largest absolute Gasteiger partial charge is 0.476 e. The summed E-state index contributed by atoms with van der Waals surface area (Å²) in [6.45, 7) is 1.38. The first-order chi connectivity index (χ1) is 17.4. The lowest BCUT2D eigenvalue weighted by atomic mass is 10.1. The van der Waals surface area contributed by atoms with Crippen LogP contribution in [0.4, 0.5) is 5.13 Å². The van der Waals surface area contributed by atoms with Crippen molar-refractivity contribution >= 4 is 56.5 Å². The number of halogens is 2. The molecule has 0 aliphatic heterocycles. The quantitative estimate of drug-likeness (QED) is 0.247. The number of ether oxygens (including phenoxy) is 1. The van der Waals surface area contributed by atoms with Crippen molar-refractivity contribution < 1.29 is 13.9 Å². The fourth-order valence-corrected chi connectivity index (χ4v) is 4.74. The summed E-state index contributed by atoms with van der Waals surface area (Å²) in [5, 5.41) is 6.01. The van der Waals surface area contributed by atoms with Gasteiger partial charge in [-0.2, -0.15) is 0 Å². The third kappa shape index (κ3) is 4.86. The number of aryl methyl sites for hydroxylation is 1. The van der Waals surface area contributed by atoms with Crippen LogP contribution in [0.1, 0.15) is 5.56 Å². The monoisotopic (exact) mass is 536 g/mol. The average molecular weight is 537 g/mol. The number of hydrogen-bond acceptors (Lipinski definition) is 6. The summed E-state index contributed by atoms with van der Waals surface area (Å²) in [7, 11) is 0. The molecular formula is C27H18Cl2N2O4S. The molecule has 2 heterocycles. The summed E-state index contributed by atoms with van der Waals surface area (Å²) in [4.78, 5) is 30.5. The van der Waals surface area contributed by atoms with Crippen LogP contribution >= 0.6 is 34.5 Å². The van der Waals surface area contributed by atoms with Crippen molar-refractivity contribution in [1.29, 1.82) is 0 Å². The molecule has 0 unspecified atom stereocenters. The molecule has 180 valence electrons. The number of thiazole rings is 1. The van der Waals surface area contributed by atoms with E-state index in [1.807, 2.05) is 42.6 Å². The number of nitrogens with one attached hydrogen (secondary N) is 1. The third-order valence-corrected chi connectivity index (χ3v) is 6.91. The molecule has 3 aromatic carbocycles. The van der Waals surface area contributed by atoms with Gasteiger partial charge in [0.05, 0.1) is 16.1 Å². The molecule has 1 amide bonds. The maximum absolute atomic E-state index is 13.4. The van der Waals surface area contributed by atoms with E-state index in [1.165, 1.54) is 17.4 Å². The Hall–Kier alpha value is -3.65. The number of aromatic nitrogens is 1. The Morgan fingerprint density at radius 3 is 2.58 bits per heavy atom. The van der Waals surface area contributed by atoms with Crippen LogP contribution in [0.25, 0.3) is 33.6 Å². The minimum absolute atomic E-state index is 0.130. The van der Waals surface area contributed by atoms with Gasteiger partial charge in [-0.3, -0.25) is 14.9 Å². The maximum atomic E-state index is 13.4. The number of carbonyl (C=O) groups is 1. The van der Waals surface area contributed by atoms with Gasteiger partial charge in [0.2, 0.25) is 11.2 Å². The van der Waals surface area contributed by atoms with E-state index in [1.54, 1.807) is 30.3 Å². The molecule has 0 saturated carbocycles. The minimum atomic E-state index is -0.476. The van der Waals surface area contributed by atoms with Crippen molar-refractivity contribution in [3.63, 3.8) is 0 Å². The highest BCUT2D eigenvalue weighted by atomic mass is 35.5. The fraction of sp³-hybridized carbons (Fsp3) is 0.0741. The van der Waals surface area contributed by atoms with Gasteiger partial charge in [-0.05, 0) is 36.8 Å². The van der Waals surface area contributed by atoms with Crippen molar-refractivity contribution in [2.75, 3.05) is 11.9 Å². The van der Waals surface area contributed by atoms with Gasteiger partial charge in [-0.1, -0.05) is 65.7 Å². The van der Waals surface area contributed by atoms with Gasteiger partial charge < -0.3 is 9.15 Å². The first-order valence-electron chi connectivity index (χ1n) is 10.9. The SMILES string of the molecule is Cc1cc2oc(-c3ccccc3Cl)c(OCC(=O)Nc3nc(-c4ccccc4)cs3)c(=O)c2cc1Cl. The summed E-state index contributed by atoms with van der Waals surface area (Å²) < 4.78 is 11.8. The Morgan fingerprint density at radius 1 is 1.06 bits per heavy atom. The second kappa shape index (κ2) is 10.1. The van der Waals surface area contributed by atoms with Crippen LogP contribution in [0.2, 0.25) is 10.0 Å². The van der Waals surface area contributed by atoms with Crippen LogP contribution in [0.3, 0.4) is 0 Å². The number of amides is 1. The lowest BCUT2D eigenvalue weighted by molar-refractivity contribution is -0.118. The van der Waals surface area contributed by atoms with Gasteiger partial charge in [0, 0.05) is 21.5 Å².